The van der Waals surface area contributed by atoms with Gasteiger partial charge in [-0.25, -0.2) is 0 Å². The molecule has 1 atom stereocenters. The minimum absolute atomic E-state index is 0.266. The molecule has 0 saturated carbocycles. The smallest absolute Gasteiger partial charge is 0.132 e. The van der Waals surface area contributed by atoms with E-state index in [0.717, 1.165) is 18.6 Å². The highest BCUT2D eigenvalue weighted by Gasteiger charge is 2.16. The highest BCUT2D eigenvalue weighted by atomic mass is 16.4. The maximum absolute atomic E-state index is 9.80. The van der Waals surface area contributed by atoms with Crippen molar-refractivity contribution in [1.29, 1.82) is 0 Å². The molecular formula is C12H20O2. The number of aryl methyl sites for hydroxylation is 1. The van der Waals surface area contributed by atoms with Gasteiger partial charge in [-0.1, -0.05) is 20.8 Å². The zero-order valence-electron chi connectivity index (χ0n) is 9.50. The normalized spacial score (nSPS) is 14.4. The summed E-state index contributed by atoms with van der Waals surface area (Å²) in [6, 6.07) is 3.73. The van der Waals surface area contributed by atoms with E-state index in [1.807, 2.05) is 19.1 Å². The zero-order valence-corrected chi connectivity index (χ0v) is 9.50. The summed E-state index contributed by atoms with van der Waals surface area (Å²) in [6.45, 7) is 8.41. The van der Waals surface area contributed by atoms with Crippen molar-refractivity contribution in [3.8, 4) is 0 Å². The molecule has 0 spiro atoms. The van der Waals surface area contributed by atoms with Gasteiger partial charge in [0.2, 0.25) is 0 Å². The lowest BCUT2D eigenvalue weighted by Crippen LogP contribution is -2.07. The van der Waals surface area contributed by atoms with Gasteiger partial charge < -0.3 is 9.52 Å². The van der Waals surface area contributed by atoms with Crippen molar-refractivity contribution in [3.05, 3.63) is 23.7 Å². The fourth-order valence-corrected chi connectivity index (χ4v) is 1.34. The molecule has 1 aromatic heterocycles. The fourth-order valence-electron chi connectivity index (χ4n) is 1.34. The molecular weight excluding hydrogens is 176 g/mol. The van der Waals surface area contributed by atoms with E-state index in [0.29, 0.717) is 5.76 Å². The monoisotopic (exact) mass is 196 g/mol. The highest BCUT2D eigenvalue weighted by molar-refractivity contribution is 5.07. The Kier molecular flexibility index (Phi) is 3.38. The topological polar surface area (TPSA) is 33.4 Å². The van der Waals surface area contributed by atoms with E-state index in [1.165, 1.54) is 0 Å². The molecule has 0 radical (unpaired) electrons. The molecule has 1 unspecified atom stereocenters. The standard InChI is InChI=1S/C12H20O2/c1-9-5-6-11(14-9)10(13)7-8-12(2,3)4/h5-6,10,13H,7-8H2,1-4H3. The lowest BCUT2D eigenvalue weighted by atomic mass is 9.89. The second kappa shape index (κ2) is 4.18. The van der Waals surface area contributed by atoms with E-state index in [1.54, 1.807) is 0 Å². The van der Waals surface area contributed by atoms with Crippen molar-refractivity contribution >= 4 is 0 Å². The van der Waals surface area contributed by atoms with Gasteiger partial charge in [0.05, 0.1) is 0 Å². The van der Waals surface area contributed by atoms with Crippen LogP contribution in [0, 0.1) is 12.3 Å². The summed E-state index contributed by atoms with van der Waals surface area (Å²) in [4.78, 5) is 0. The Labute approximate surface area is 85.9 Å². The molecule has 0 fully saturated rings. The van der Waals surface area contributed by atoms with Crippen molar-refractivity contribution < 1.29 is 9.52 Å². The molecule has 80 valence electrons. The van der Waals surface area contributed by atoms with Crippen LogP contribution in [0.5, 0.6) is 0 Å². The van der Waals surface area contributed by atoms with Crippen LogP contribution < -0.4 is 0 Å². The van der Waals surface area contributed by atoms with Gasteiger partial charge >= 0.3 is 0 Å². The second-order valence-electron chi connectivity index (χ2n) is 5.06. The van der Waals surface area contributed by atoms with Crippen LogP contribution in [0.3, 0.4) is 0 Å². The molecule has 2 nitrogen and oxygen atoms in total. The van der Waals surface area contributed by atoms with Crippen molar-refractivity contribution in [1.82, 2.24) is 0 Å². The largest absolute Gasteiger partial charge is 0.464 e. The van der Waals surface area contributed by atoms with E-state index < -0.39 is 6.10 Å². The van der Waals surface area contributed by atoms with Crippen molar-refractivity contribution in [2.24, 2.45) is 5.41 Å². The van der Waals surface area contributed by atoms with Gasteiger partial charge in [-0.15, -0.1) is 0 Å². The van der Waals surface area contributed by atoms with Gasteiger partial charge in [-0.3, -0.25) is 0 Å². The van der Waals surface area contributed by atoms with E-state index >= 15 is 0 Å². The molecule has 0 amide bonds. The Morgan fingerprint density at radius 2 is 2.00 bits per heavy atom. The summed E-state index contributed by atoms with van der Waals surface area (Å²) < 4.78 is 5.36. The third kappa shape index (κ3) is 3.54. The minimum Gasteiger partial charge on any atom is -0.464 e. The Morgan fingerprint density at radius 3 is 2.43 bits per heavy atom. The van der Waals surface area contributed by atoms with E-state index in [4.69, 9.17) is 4.42 Å². The summed E-state index contributed by atoms with van der Waals surface area (Å²) in [5.41, 5.74) is 0.266. The Bertz CT molecular complexity index is 281. The molecule has 0 bridgehead atoms. The number of furan rings is 1. The van der Waals surface area contributed by atoms with E-state index in [2.05, 4.69) is 20.8 Å². The molecule has 0 aromatic carbocycles. The molecule has 0 aliphatic heterocycles. The van der Waals surface area contributed by atoms with Crippen LogP contribution in [0.15, 0.2) is 16.5 Å². The number of rotatable bonds is 3. The van der Waals surface area contributed by atoms with Crippen LogP contribution in [-0.4, -0.2) is 5.11 Å². The fraction of sp³-hybridized carbons (Fsp3) is 0.667. The molecule has 2 heteroatoms. The Hall–Kier alpha value is -0.760. The van der Waals surface area contributed by atoms with Gasteiger partial charge in [0.25, 0.3) is 0 Å². The molecule has 1 rings (SSSR count). The van der Waals surface area contributed by atoms with E-state index in [9.17, 15) is 5.11 Å². The molecule has 1 heterocycles. The molecule has 1 N–H and O–H groups in total. The first kappa shape index (κ1) is 11.3. The zero-order chi connectivity index (χ0) is 10.8. The average Bonchev–Trinajstić information content (AvgIpc) is 2.46. The quantitative estimate of drug-likeness (QED) is 0.803. The summed E-state index contributed by atoms with van der Waals surface area (Å²) in [6.07, 6.45) is 1.30. The summed E-state index contributed by atoms with van der Waals surface area (Å²) >= 11 is 0. The number of aliphatic hydroxyl groups is 1. The van der Waals surface area contributed by atoms with Crippen LogP contribution in [0.1, 0.15) is 51.2 Å². The molecule has 0 saturated heterocycles. The van der Waals surface area contributed by atoms with Gasteiger partial charge in [0.1, 0.15) is 17.6 Å². The summed E-state index contributed by atoms with van der Waals surface area (Å²) in [7, 11) is 0. The van der Waals surface area contributed by atoms with Gasteiger partial charge in [0.15, 0.2) is 0 Å². The third-order valence-electron chi connectivity index (χ3n) is 2.26. The minimum atomic E-state index is -0.456. The highest BCUT2D eigenvalue weighted by Crippen LogP contribution is 2.27. The number of aliphatic hydroxyl groups excluding tert-OH is 1. The maximum atomic E-state index is 9.80. The predicted molar refractivity (Wildman–Crippen MR) is 57.1 cm³/mol. The lowest BCUT2D eigenvalue weighted by Gasteiger charge is -2.19. The Morgan fingerprint density at radius 1 is 1.36 bits per heavy atom. The lowest BCUT2D eigenvalue weighted by molar-refractivity contribution is 0.123. The van der Waals surface area contributed by atoms with Crippen LogP contribution in [-0.2, 0) is 0 Å². The third-order valence-corrected chi connectivity index (χ3v) is 2.26. The van der Waals surface area contributed by atoms with E-state index in [-0.39, 0.29) is 5.41 Å². The van der Waals surface area contributed by atoms with Crippen molar-refractivity contribution in [3.63, 3.8) is 0 Å². The molecule has 1 aromatic rings. The van der Waals surface area contributed by atoms with Gasteiger partial charge in [-0.2, -0.15) is 0 Å². The molecule has 14 heavy (non-hydrogen) atoms. The first-order valence-corrected chi connectivity index (χ1v) is 5.13. The maximum Gasteiger partial charge on any atom is 0.132 e. The van der Waals surface area contributed by atoms with Gasteiger partial charge in [0, 0.05) is 0 Å². The van der Waals surface area contributed by atoms with Crippen molar-refractivity contribution in [2.75, 3.05) is 0 Å². The SMILES string of the molecule is Cc1ccc(C(O)CCC(C)(C)C)o1. The number of hydrogen-bond donors (Lipinski definition) is 1. The average molecular weight is 196 g/mol. The Balaban J connectivity index is 2.47. The first-order valence-electron chi connectivity index (χ1n) is 5.13. The van der Waals surface area contributed by atoms with Crippen molar-refractivity contribution in [2.45, 2.75) is 46.6 Å². The van der Waals surface area contributed by atoms with Crippen LogP contribution in [0.2, 0.25) is 0 Å². The van der Waals surface area contributed by atoms with Crippen LogP contribution in [0.4, 0.5) is 0 Å². The summed E-state index contributed by atoms with van der Waals surface area (Å²) in [5.74, 6) is 1.54. The molecule has 0 aliphatic rings. The van der Waals surface area contributed by atoms with Crippen LogP contribution >= 0.6 is 0 Å². The predicted octanol–water partition coefficient (Wildman–Crippen LogP) is 3.45. The molecule has 0 aliphatic carbocycles. The number of hydrogen-bond acceptors (Lipinski definition) is 2. The summed E-state index contributed by atoms with van der Waals surface area (Å²) in [5, 5.41) is 9.80. The van der Waals surface area contributed by atoms with Crippen LogP contribution in [0.25, 0.3) is 0 Å². The second-order valence-corrected chi connectivity index (χ2v) is 5.06. The first-order chi connectivity index (χ1) is 6.38. The van der Waals surface area contributed by atoms with Gasteiger partial charge in [-0.05, 0) is 37.3 Å².